The van der Waals surface area contributed by atoms with Gasteiger partial charge in [0.15, 0.2) is 8.32 Å². The van der Waals surface area contributed by atoms with Crippen molar-refractivity contribution in [1.82, 2.24) is 0 Å². The summed E-state index contributed by atoms with van der Waals surface area (Å²) in [4.78, 5) is 11.3. The van der Waals surface area contributed by atoms with E-state index in [9.17, 15) is 4.79 Å². The molecule has 0 fully saturated rings. The second kappa shape index (κ2) is 5.17. The quantitative estimate of drug-likeness (QED) is 0.577. The summed E-state index contributed by atoms with van der Waals surface area (Å²) in [5.74, 6) is -0.240. The first-order chi connectivity index (χ1) is 8.06. The molecule has 0 N–H and O–H groups in total. The summed E-state index contributed by atoms with van der Waals surface area (Å²) in [7, 11) is -1.70. The number of carbonyl (C=O) groups is 1. The second-order valence-electron chi connectivity index (χ2n) is 6.84. The lowest BCUT2D eigenvalue weighted by molar-refractivity contribution is -0.154. The molecule has 0 aliphatic carbocycles. The molecule has 1 atom stereocenters. The maximum absolute atomic E-state index is 11.3. The third-order valence-corrected chi connectivity index (χ3v) is 8.59. The minimum atomic E-state index is -1.70. The van der Waals surface area contributed by atoms with Gasteiger partial charge in [0.25, 0.3) is 0 Å². The van der Waals surface area contributed by atoms with E-state index in [1.54, 1.807) is 0 Å². The molecule has 1 unspecified atom stereocenters. The van der Waals surface area contributed by atoms with E-state index in [-0.39, 0.29) is 11.0 Å². The number of ether oxygens (including phenoxy) is 1. The van der Waals surface area contributed by atoms with Crippen LogP contribution in [0.4, 0.5) is 0 Å². The molecule has 0 radical (unpaired) electrons. The van der Waals surface area contributed by atoms with E-state index in [1.165, 1.54) is 6.08 Å². The van der Waals surface area contributed by atoms with Crippen molar-refractivity contribution in [2.45, 2.75) is 64.3 Å². The first-order valence-corrected chi connectivity index (χ1v) is 9.50. The number of hydrogen-bond donors (Lipinski definition) is 0. The van der Waals surface area contributed by atoms with Crippen molar-refractivity contribution < 1.29 is 14.0 Å². The van der Waals surface area contributed by atoms with Crippen LogP contribution >= 0.6 is 0 Å². The molecule has 0 aromatic rings. The van der Waals surface area contributed by atoms with Gasteiger partial charge >= 0.3 is 5.97 Å². The largest absolute Gasteiger partial charge is 0.456 e. The minimum absolute atomic E-state index is 0.219. The van der Waals surface area contributed by atoms with Crippen molar-refractivity contribution in [1.29, 1.82) is 0 Å². The van der Waals surface area contributed by atoms with Crippen LogP contribution in [0, 0.1) is 0 Å². The summed E-state index contributed by atoms with van der Waals surface area (Å²) in [6, 6.07) is 0. The second-order valence-corrected chi connectivity index (χ2v) is 11.6. The SMILES string of the molecule is CC1(CCO[Si](C)(C)C(C)(C)C)CC=CC(=O)O1. The number of hydrogen-bond acceptors (Lipinski definition) is 3. The maximum atomic E-state index is 11.3. The van der Waals surface area contributed by atoms with Gasteiger partial charge in [-0.15, -0.1) is 0 Å². The van der Waals surface area contributed by atoms with E-state index >= 15 is 0 Å². The molecule has 4 heteroatoms. The fourth-order valence-corrected chi connectivity index (χ4v) is 2.66. The summed E-state index contributed by atoms with van der Waals surface area (Å²) in [5.41, 5.74) is -0.395. The highest BCUT2D eigenvalue weighted by atomic mass is 28.4. The lowest BCUT2D eigenvalue weighted by atomic mass is 9.96. The summed E-state index contributed by atoms with van der Waals surface area (Å²) < 4.78 is 11.5. The monoisotopic (exact) mass is 270 g/mol. The Balaban J connectivity index is 2.47. The zero-order valence-electron chi connectivity index (χ0n) is 12.5. The van der Waals surface area contributed by atoms with E-state index in [2.05, 4.69) is 33.9 Å². The Labute approximate surface area is 112 Å². The van der Waals surface area contributed by atoms with Crippen LogP contribution in [0.25, 0.3) is 0 Å². The van der Waals surface area contributed by atoms with Gasteiger partial charge in [-0.25, -0.2) is 4.79 Å². The molecule has 0 saturated heterocycles. The molecular formula is C14H26O3Si. The van der Waals surface area contributed by atoms with E-state index < -0.39 is 13.9 Å². The Morgan fingerprint density at radius 1 is 1.44 bits per heavy atom. The normalized spacial score (nSPS) is 25.1. The van der Waals surface area contributed by atoms with E-state index in [0.29, 0.717) is 6.61 Å². The summed E-state index contributed by atoms with van der Waals surface area (Å²) in [6.07, 6.45) is 4.92. The van der Waals surface area contributed by atoms with E-state index in [1.807, 2.05) is 13.0 Å². The predicted molar refractivity (Wildman–Crippen MR) is 76.0 cm³/mol. The standard InChI is InChI=1S/C14H26O3Si/c1-13(2,3)18(5,6)16-11-10-14(4)9-7-8-12(15)17-14/h7-8H,9-11H2,1-6H3. The molecule has 1 rings (SSSR count). The highest BCUT2D eigenvalue weighted by molar-refractivity contribution is 6.74. The van der Waals surface area contributed by atoms with Crippen LogP contribution in [0.2, 0.25) is 18.1 Å². The molecule has 0 aromatic heterocycles. The fourth-order valence-electron chi connectivity index (χ4n) is 1.61. The molecule has 0 spiro atoms. The van der Waals surface area contributed by atoms with Gasteiger partial charge in [0.05, 0.1) is 0 Å². The lowest BCUT2D eigenvalue weighted by Gasteiger charge is -2.38. The highest BCUT2D eigenvalue weighted by Gasteiger charge is 2.38. The van der Waals surface area contributed by atoms with Crippen molar-refractivity contribution in [2.75, 3.05) is 6.61 Å². The molecule has 1 heterocycles. The van der Waals surface area contributed by atoms with Gasteiger partial charge in [0.2, 0.25) is 0 Å². The fraction of sp³-hybridized carbons (Fsp3) is 0.786. The van der Waals surface area contributed by atoms with Gasteiger partial charge in [-0.05, 0) is 25.1 Å². The molecular weight excluding hydrogens is 244 g/mol. The van der Waals surface area contributed by atoms with Gasteiger partial charge in [-0.3, -0.25) is 0 Å². The third-order valence-electron chi connectivity index (χ3n) is 4.05. The maximum Gasteiger partial charge on any atom is 0.330 e. The number of carbonyl (C=O) groups excluding carboxylic acids is 1. The molecule has 0 amide bonds. The summed E-state index contributed by atoms with van der Waals surface area (Å²) in [6.45, 7) is 13.8. The van der Waals surface area contributed by atoms with Crippen LogP contribution in [0.1, 0.15) is 40.5 Å². The Kier molecular flexibility index (Phi) is 4.44. The Morgan fingerprint density at radius 3 is 2.56 bits per heavy atom. The molecule has 0 bridgehead atoms. The third kappa shape index (κ3) is 3.95. The van der Waals surface area contributed by atoms with Gasteiger partial charge in [0, 0.05) is 25.5 Å². The molecule has 0 aromatic carbocycles. The predicted octanol–water partition coefficient (Wildman–Crippen LogP) is 3.66. The highest BCUT2D eigenvalue weighted by Crippen LogP contribution is 2.37. The van der Waals surface area contributed by atoms with Crippen molar-refractivity contribution >= 4 is 14.3 Å². The topological polar surface area (TPSA) is 35.5 Å². The Morgan fingerprint density at radius 2 is 2.06 bits per heavy atom. The van der Waals surface area contributed by atoms with Gasteiger partial charge in [-0.2, -0.15) is 0 Å². The molecule has 104 valence electrons. The number of cyclic esters (lactones) is 1. The molecule has 1 aliphatic heterocycles. The van der Waals surface area contributed by atoms with E-state index in [0.717, 1.165) is 12.8 Å². The van der Waals surface area contributed by atoms with Crippen molar-refractivity contribution in [3.05, 3.63) is 12.2 Å². The summed E-state index contributed by atoms with van der Waals surface area (Å²) >= 11 is 0. The van der Waals surface area contributed by atoms with Crippen molar-refractivity contribution in [2.24, 2.45) is 0 Å². The Hall–Kier alpha value is -0.613. The lowest BCUT2D eigenvalue weighted by Crippen LogP contribution is -2.42. The van der Waals surface area contributed by atoms with Crippen LogP contribution in [-0.2, 0) is 14.0 Å². The van der Waals surface area contributed by atoms with Crippen LogP contribution in [0.5, 0.6) is 0 Å². The minimum Gasteiger partial charge on any atom is -0.456 e. The Bertz CT molecular complexity index is 341. The molecule has 0 saturated carbocycles. The van der Waals surface area contributed by atoms with Crippen LogP contribution in [-0.4, -0.2) is 26.5 Å². The van der Waals surface area contributed by atoms with Crippen LogP contribution < -0.4 is 0 Å². The van der Waals surface area contributed by atoms with Crippen LogP contribution in [0.3, 0.4) is 0 Å². The zero-order chi connectivity index (χ0) is 14.0. The molecule has 1 aliphatic rings. The van der Waals surface area contributed by atoms with Gasteiger partial charge < -0.3 is 9.16 Å². The smallest absolute Gasteiger partial charge is 0.330 e. The van der Waals surface area contributed by atoms with Crippen molar-refractivity contribution in [3.63, 3.8) is 0 Å². The van der Waals surface area contributed by atoms with Crippen molar-refractivity contribution in [3.8, 4) is 0 Å². The van der Waals surface area contributed by atoms with Crippen LogP contribution in [0.15, 0.2) is 12.2 Å². The number of esters is 1. The number of rotatable bonds is 4. The average Bonchev–Trinajstić information content (AvgIpc) is 2.14. The van der Waals surface area contributed by atoms with E-state index in [4.69, 9.17) is 9.16 Å². The molecule has 18 heavy (non-hydrogen) atoms. The first-order valence-electron chi connectivity index (χ1n) is 6.59. The molecule has 3 nitrogen and oxygen atoms in total. The summed E-state index contributed by atoms with van der Waals surface area (Å²) in [5, 5.41) is 0.219. The first kappa shape index (κ1) is 15.4. The van der Waals surface area contributed by atoms with Gasteiger partial charge in [-0.1, -0.05) is 26.8 Å². The zero-order valence-corrected chi connectivity index (χ0v) is 13.5. The van der Waals surface area contributed by atoms with Gasteiger partial charge in [0.1, 0.15) is 5.60 Å². The average molecular weight is 270 g/mol.